The third-order valence-electron chi connectivity index (χ3n) is 6.19. The van der Waals surface area contributed by atoms with Gasteiger partial charge in [0.15, 0.2) is 0 Å². The summed E-state index contributed by atoms with van der Waals surface area (Å²) in [7, 11) is 0. The van der Waals surface area contributed by atoms with Crippen molar-refractivity contribution in [1.82, 2.24) is 10.2 Å². The summed E-state index contributed by atoms with van der Waals surface area (Å²) in [5.74, 6) is 0.498. The fraction of sp³-hybridized carbons (Fsp3) is 0.731. The first-order valence-corrected chi connectivity index (χ1v) is 12.6. The number of rotatable bonds is 4. The van der Waals surface area contributed by atoms with Crippen LogP contribution in [0.25, 0.3) is 0 Å². The molecule has 35 heavy (non-hydrogen) atoms. The Hall–Kier alpha value is -1.77. The van der Waals surface area contributed by atoms with E-state index < -0.39 is 35.9 Å². The molecule has 0 radical (unpaired) electrons. The van der Waals surface area contributed by atoms with Crippen molar-refractivity contribution in [1.29, 1.82) is 0 Å². The third-order valence-corrected chi connectivity index (χ3v) is 6.19. The van der Waals surface area contributed by atoms with Crippen molar-refractivity contribution in [2.24, 2.45) is 5.92 Å². The molecule has 1 saturated heterocycles. The summed E-state index contributed by atoms with van der Waals surface area (Å²) < 4.78 is 74.9. The zero-order chi connectivity index (χ0) is 26.6. The molecule has 1 saturated carbocycles. The molecule has 1 aliphatic carbocycles. The Labute approximate surface area is 205 Å². The van der Waals surface area contributed by atoms with Gasteiger partial charge in [-0.3, -0.25) is 4.79 Å². The number of carbonyl (C=O) groups is 1. The van der Waals surface area contributed by atoms with Crippen LogP contribution in [0.4, 0.5) is 26.3 Å². The first-order chi connectivity index (χ1) is 16.3. The normalized spacial score (nSPS) is 20.9. The number of hydrogen-bond donors (Lipinski definition) is 1. The van der Waals surface area contributed by atoms with Crippen LogP contribution in [0, 0.1) is 5.92 Å². The number of likely N-dealkylation sites (tertiary alicyclic amines) is 1. The molecule has 1 amide bonds. The van der Waals surface area contributed by atoms with Crippen molar-refractivity contribution in [3.63, 3.8) is 0 Å². The summed E-state index contributed by atoms with van der Waals surface area (Å²) in [6, 6.07) is 2.15. The van der Waals surface area contributed by atoms with E-state index in [9.17, 15) is 31.1 Å². The zero-order valence-corrected chi connectivity index (χ0v) is 21.3. The summed E-state index contributed by atoms with van der Waals surface area (Å²) in [6.07, 6.45) is 1.75. The van der Waals surface area contributed by atoms with Crippen molar-refractivity contribution in [2.45, 2.75) is 104 Å². The Morgan fingerprint density at radius 3 is 1.83 bits per heavy atom. The van der Waals surface area contributed by atoms with E-state index in [0.717, 1.165) is 18.9 Å². The molecule has 2 atom stereocenters. The summed E-state index contributed by atoms with van der Waals surface area (Å²) >= 11 is 0. The number of amides is 1. The number of benzene rings is 1. The lowest BCUT2D eigenvalue weighted by Crippen LogP contribution is -2.37. The van der Waals surface area contributed by atoms with E-state index in [0.29, 0.717) is 12.1 Å². The third kappa shape index (κ3) is 11.7. The highest BCUT2D eigenvalue weighted by atomic mass is 19.4. The first kappa shape index (κ1) is 31.3. The quantitative estimate of drug-likeness (QED) is 0.419. The van der Waals surface area contributed by atoms with Gasteiger partial charge in [0.2, 0.25) is 5.91 Å². The Kier molecular flexibility index (Phi) is 13.1. The second kappa shape index (κ2) is 14.7. The Balaban J connectivity index is 0.000000330. The highest BCUT2D eigenvalue weighted by molar-refractivity contribution is 5.72. The maximum absolute atomic E-state index is 12.5. The minimum Gasteiger partial charge on any atom is -0.352 e. The van der Waals surface area contributed by atoms with Crippen molar-refractivity contribution < 1.29 is 31.1 Å². The van der Waals surface area contributed by atoms with E-state index in [4.69, 9.17) is 0 Å². The molecule has 3 rings (SSSR count). The van der Waals surface area contributed by atoms with Crippen LogP contribution in [-0.2, 0) is 23.7 Å². The smallest absolute Gasteiger partial charge is 0.352 e. The number of nitrogens with one attached hydrogen (secondary N) is 1. The molecule has 0 aromatic heterocycles. The molecule has 9 heteroatoms. The molecule has 1 aromatic carbocycles. The SMILES string of the molecule is CC(=O)NCc1cc(C(F)(F)F)cc(C(F)(F)F)c1.CCC.CCC1CCC(N2CCCCC2)C1. The lowest BCUT2D eigenvalue weighted by molar-refractivity contribution is -0.143. The number of halogens is 6. The molecule has 2 unspecified atom stereocenters. The van der Waals surface area contributed by atoms with Crippen molar-refractivity contribution in [3.05, 3.63) is 34.9 Å². The standard InChI is InChI=1S/C12H23N.C11H9F6NO.C3H8/c1-2-11-6-7-12(10-11)13-8-4-3-5-9-13;1-6(19)18-5-7-2-8(10(12,13)14)4-9(3-7)11(15,16)17;1-3-2/h11-12H,2-10H2,1H3;2-4H,5H2,1H3,(H,18,19);3H2,1-2H3. The van der Waals surface area contributed by atoms with Gasteiger partial charge in [0.1, 0.15) is 0 Å². The minimum absolute atomic E-state index is 0.0390. The van der Waals surface area contributed by atoms with E-state index in [1.807, 2.05) is 0 Å². The topological polar surface area (TPSA) is 32.3 Å². The predicted octanol–water partition coefficient (Wildman–Crippen LogP) is 7.83. The van der Waals surface area contributed by atoms with E-state index in [2.05, 4.69) is 31.0 Å². The largest absolute Gasteiger partial charge is 0.416 e. The molecular formula is C26H40F6N2O. The number of nitrogens with zero attached hydrogens (tertiary/aromatic N) is 1. The van der Waals surface area contributed by atoms with Gasteiger partial charge in [0, 0.05) is 19.5 Å². The van der Waals surface area contributed by atoms with E-state index in [1.54, 1.807) is 0 Å². The molecule has 1 aromatic rings. The van der Waals surface area contributed by atoms with Gasteiger partial charge in [0.25, 0.3) is 0 Å². The highest BCUT2D eigenvalue weighted by Gasteiger charge is 2.36. The average molecular weight is 511 g/mol. The van der Waals surface area contributed by atoms with Crippen LogP contribution in [0.2, 0.25) is 0 Å². The fourth-order valence-electron chi connectivity index (χ4n) is 4.38. The summed E-state index contributed by atoms with van der Waals surface area (Å²) in [5.41, 5.74) is -3.07. The monoisotopic (exact) mass is 510 g/mol. The van der Waals surface area contributed by atoms with Crippen molar-refractivity contribution in [2.75, 3.05) is 13.1 Å². The molecule has 2 aliphatic rings. The molecule has 1 heterocycles. The van der Waals surface area contributed by atoms with Gasteiger partial charge < -0.3 is 10.2 Å². The maximum Gasteiger partial charge on any atom is 0.416 e. The highest BCUT2D eigenvalue weighted by Crippen LogP contribution is 2.36. The maximum atomic E-state index is 12.5. The van der Waals surface area contributed by atoms with Crippen LogP contribution in [0.5, 0.6) is 0 Å². The van der Waals surface area contributed by atoms with Gasteiger partial charge >= 0.3 is 12.4 Å². The van der Waals surface area contributed by atoms with Crippen LogP contribution in [0.3, 0.4) is 0 Å². The summed E-state index contributed by atoms with van der Waals surface area (Å²) in [5, 5.41) is 2.15. The van der Waals surface area contributed by atoms with Gasteiger partial charge in [-0.1, -0.05) is 40.0 Å². The van der Waals surface area contributed by atoms with Gasteiger partial charge in [-0.05, 0) is 74.9 Å². The number of carbonyl (C=O) groups excluding carboxylic acids is 1. The van der Waals surface area contributed by atoms with Crippen LogP contribution >= 0.6 is 0 Å². The second-order valence-corrected chi connectivity index (χ2v) is 9.37. The molecule has 0 spiro atoms. The molecule has 3 nitrogen and oxygen atoms in total. The van der Waals surface area contributed by atoms with Crippen molar-refractivity contribution >= 4 is 5.91 Å². The molecule has 1 N–H and O–H groups in total. The molecule has 202 valence electrons. The number of alkyl halides is 6. The summed E-state index contributed by atoms with van der Waals surface area (Å²) in [6.45, 7) is 10.1. The Bertz CT molecular complexity index is 725. The molecule has 1 aliphatic heterocycles. The Morgan fingerprint density at radius 1 is 0.914 bits per heavy atom. The lowest BCUT2D eigenvalue weighted by atomic mass is 10.0. The van der Waals surface area contributed by atoms with Gasteiger partial charge in [-0.15, -0.1) is 0 Å². The van der Waals surface area contributed by atoms with E-state index in [-0.39, 0.29) is 11.6 Å². The molecule has 2 fully saturated rings. The fourth-order valence-corrected chi connectivity index (χ4v) is 4.38. The van der Waals surface area contributed by atoms with Crippen LogP contribution in [-0.4, -0.2) is 29.9 Å². The van der Waals surface area contributed by atoms with Crippen LogP contribution in [0.1, 0.15) is 95.8 Å². The first-order valence-electron chi connectivity index (χ1n) is 12.6. The lowest BCUT2D eigenvalue weighted by Gasteiger charge is -2.32. The van der Waals surface area contributed by atoms with Gasteiger partial charge in [-0.25, -0.2) is 0 Å². The molecular weight excluding hydrogens is 470 g/mol. The van der Waals surface area contributed by atoms with E-state index >= 15 is 0 Å². The predicted molar refractivity (Wildman–Crippen MR) is 127 cm³/mol. The van der Waals surface area contributed by atoms with Gasteiger partial charge in [0.05, 0.1) is 11.1 Å². The zero-order valence-electron chi connectivity index (χ0n) is 21.3. The summed E-state index contributed by atoms with van der Waals surface area (Å²) in [4.78, 5) is 13.4. The molecule has 0 bridgehead atoms. The van der Waals surface area contributed by atoms with Gasteiger partial charge in [-0.2, -0.15) is 26.3 Å². The average Bonchev–Trinajstić information content (AvgIpc) is 3.27. The van der Waals surface area contributed by atoms with Crippen molar-refractivity contribution in [3.8, 4) is 0 Å². The van der Waals surface area contributed by atoms with Crippen LogP contribution in [0.15, 0.2) is 18.2 Å². The van der Waals surface area contributed by atoms with Crippen LogP contribution < -0.4 is 5.32 Å². The number of piperidine rings is 1. The minimum atomic E-state index is -4.88. The second-order valence-electron chi connectivity index (χ2n) is 9.37. The number of hydrogen-bond acceptors (Lipinski definition) is 2. The Morgan fingerprint density at radius 2 is 1.43 bits per heavy atom. The van der Waals surface area contributed by atoms with E-state index in [1.165, 1.54) is 64.5 Å².